The van der Waals surface area contributed by atoms with Gasteiger partial charge in [0.2, 0.25) is 0 Å². The van der Waals surface area contributed by atoms with Crippen LogP contribution in [-0.2, 0) is 6.42 Å². The quantitative estimate of drug-likeness (QED) is 0.664. The summed E-state index contributed by atoms with van der Waals surface area (Å²) in [6, 6.07) is 0. The molecule has 1 aromatic heterocycles. The zero-order valence-corrected chi connectivity index (χ0v) is 6.37. The van der Waals surface area contributed by atoms with E-state index in [2.05, 4.69) is 17.7 Å². The number of aryl methyl sites for hydroxylation is 1. The summed E-state index contributed by atoms with van der Waals surface area (Å²) in [5.41, 5.74) is 8.18. The predicted octanol–water partition coefficient (Wildman–Crippen LogP) is 1.56. The maximum atomic E-state index is 5.39. The molecule has 0 saturated heterocycles. The van der Waals surface area contributed by atoms with Crippen molar-refractivity contribution >= 4 is 11.3 Å². The third kappa shape index (κ3) is 1.53. The number of rotatable bonds is 2. The summed E-state index contributed by atoms with van der Waals surface area (Å²) in [4.78, 5) is 0. The van der Waals surface area contributed by atoms with Crippen molar-refractivity contribution in [2.24, 2.45) is 5.73 Å². The molecule has 0 saturated carbocycles. The largest absolute Gasteiger partial charge is 0.330 e. The van der Waals surface area contributed by atoms with Gasteiger partial charge < -0.3 is 5.73 Å². The van der Waals surface area contributed by atoms with Crippen LogP contribution >= 0.6 is 11.3 Å². The summed E-state index contributed by atoms with van der Waals surface area (Å²) in [7, 11) is 0. The molecule has 0 aliphatic heterocycles. The van der Waals surface area contributed by atoms with Crippen molar-refractivity contribution in [2.75, 3.05) is 6.54 Å². The van der Waals surface area contributed by atoms with Crippen molar-refractivity contribution < 1.29 is 0 Å². The molecule has 0 fully saturated rings. The molecular formula is C7H11NS. The van der Waals surface area contributed by atoms with Gasteiger partial charge in [-0.15, -0.1) is 0 Å². The van der Waals surface area contributed by atoms with E-state index in [4.69, 9.17) is 5.73 Å². The Labute approximate surface area is 59.5 Å². The summed E-state index contributed by atoms with van der Waals surface area (Å²) in [6.45, 7) is 2.89. The fourth-order valence-corrected chi connectivity index (χ4v) is 1.69. The Kier molecular flexibility index (Phi) is 2.25. The van der Waals surface area contributed by atoms with Crippen molar-refractivity contribution in [3.63, 3.8) is 0 Å². The Balaban J connectivity index is 2.69. The lowest BCUT2D eigenvalue weighted by molar-refractivity contribution is 0.965. The van der Waals surface area contributed by atoms with Crippen LogP contribution in [0.2, 0.25) is 0 Å². The SMILES string of the molecule is Cc1cscc1CCN. The van der Waals surface area contributed by atoms with Gasteiger partial charge in [0.15, 0.2) is 0 Å². The fourth-order valence-electron chi connectivity index (χ4n) is 0.798. The molecule has 0 aliphatic rings. The van der Waals surface area contributed by atoms with E-state index in [0.717, 1.165) is 13.0 Å². The van der Waals surface area contributed by atoms with Gasteiger partial charge in [-0.2, -0.15) is 11.3 Å². The second kappa shape index (κ2) is 2.99. The summed E-state index contributed by atoms with van der Waals surface area (Å²) in [5, 5.41) is 4.33. The molecule has 1 heterocycles. The Morgan fingerprint density at radius 2 is 2.33 bits per heavy atom. The van der Waals surface area contributed by atoms with Crippen LogP contribution in [-0.4, -0.2) is 6.54 Å². The predicted molar refractivity (Wildman–Crippen MR) is 41.8 cm³/mol. The highest BCUT2D eigenvalue weighted by molar-refractivity contribution is 7.08. The van der Waals surface area contributed by atoms with Crippen LogP contribution in [0.25, 0.3) is 0 Å². The van der Waals surface area contributed by atoms with Crippen LogP contribution in [0.1, 0.15) is 11.1 Å². The van der Waals surface area contributed by atoms with Crippen molar-refractivity contribution in [1.29, 1.82) is 0 Å². The van der Waals surface area contributed by atoms with Crippen LogP contribution in [0.4, 0.5) is 0 Å². The molecular weight excluding hydrogens is 130 g/mol. The molecule has 0 aromatic carbocycles. The summed E-state index contributed by atoms with van der Waals surface area (Å²) in [6.07, 6.45) is 1.02. The Hall–Kier alpha value is -0.340. The van der Waals surface area contributed by atoms with Crippen molar-refractivity contribution in [2.45, 2.75) is 13.3 Å². The molecule has 0 radical (unpaired) electrons. The minimum absolute atomic E-state index is 0.761. The van der Waals surface area contributed by atoms with E-state index in [1.807, 2.05) is 0 Å². The van der Waals surface area contributed by atoms with Crippen LogP contribution < -0.4 is 5.73 Å². The molecule has 9 heavy (non-hydrogen) atoms. The van der Waals surface area contributed by atoms with Gasteiger partial charge in [0.05, 0.1) is 0 Å². The lowest BCUT2D eigenvalue weighted by Gasteiger charge is -1.92. The lowest BCUT2D eigenvalue weighted by Crippen LogP contribution is -2.02. The van der Waals surface area contributed by atoms with E-state index >= 15 is 0 Å². The first-order valence-electron chi connectivity index (χ1n) is 3.06. The van der Waals surface area contributed by atoms with Crippen molar-refractivity contribution in [3.8, 4) is 0 Å². The van der Waals surface area contributed by atoms with Crippen LogP contribution in [0.3, 0.4) is 0 Å². The first-order valence-corrected chi connectivity index (χ1v) is 4.00. The first kappa shape index (κ1) is 6.78. The van der Waals surface area contributed by atoms with Gasteiger partial charge in [0, 0.05) is 0 Å². The standard InChI is InChI=1S/C7H11NS/c1-6-4-9-5-7(6)2-3-8/h4-5H,2-3,8H2,1H3. The second-order valence-electron chi connectivity index (χ2n) is 2.12. The maximum Gasteiger partial charge on any atom is -0.00363 e. The fraction of sp³-hybridized carbons (Fsp3) is 0.429. The number of hydrogen-bond donors (Lipinski definition) is 1. The van der Waals surface area contributed by atoms with Crippen molar-refractivity contribution in [3.05, 3.63) is 21.9 Å². The Morgan fingerprint density at radius 1 is 1.56 bits per heavy atom. The number of hydrogen-bond acceptors (Lipinski definition) is 2. The highest BCUT2D eigenvalue weighted by Gasteiger charge is 1.95. The average molecular weight is 141 g/mol. The van der Waals surface area contributed by atoms with Crippen LogP contribution in [0, 0.1) is 6.92 Å². The van der Waals surface area contributed by atoms with Gasteiger partial charge in [-0.1, -0.05) is 0 Å². The molecule has 0 unspecified atom stereocenters. The van der Waals surface area contributed by atoms with E-state index in [1.165, 1.54) is 11.1 Å². The van der Waals surface area contributed by atoms with Gasteiger partial charge in [-0.3, -0.25) is 0 Å². The molecule has 0 aliphatic carbocycles. The van der Waals surface area contributed by atoms with Gasteiger partial charge in [-0.25, -0.2) is 0 Å². The van der Waals surface area contributed by atoms with Crippen LogP contribution in [0.5, 0.6) is 0 Å². The molecule has 0 amide bonds. The molecule has 50 valence electrons. The zero-order chi connectivity index (χ0) is 6.69. The van der Waals surface area contributed by atoms with Gasteiger partial charge in [-0.05, 0) is 41.8 Å². The minimum Gasteiger partial charge on any atom is -0.330 e. The Bertz CT molecular complexity index is 181. The summed E-state index contributed by atoms with van der Waals surface area (Å²) < 4.78 is 0. The monoisotopic (exact) mass is 141 g/mol. The molecule has 0 spiro atoms. The molecule has 2 N–H and O–H groups in total. The van der Waals surface area contributed by atoms with E-state index < -0.39 is 0 Å². The molecule has 1 nitrogen and oxygen atoms in total. The van der Waals surface area contributed by atoms with E-state index in [9.17, 15) is 0 Å². The summed E-state index contributed by atoms with van der Waals surface area (Å²) in [5.74, 6) is 0. The number of nitrogens with two attached hydrogens (primary N) is 1. The maximum absolute atomic E-state index is 5.39. The third-order valence-corrected chi connectivity index (χ3v) is 2.29. The lowest BCUT2D eigenvalue weighted by atomic mass is 10.2. The van der Waals surface area contributed by atoms with Crippen LogP contribution in [0.15, 0.2) is 10.8 Å². The third-order valence-electron chi connectivity index (χ3n) is 1.38. The van der Waals surface area contributed by atoms with Crippen molar-refractivity contribution in [1.82, 2.24) is 0 Å². The molecule has 1 rings (SSSR count). The van der Waals surface area contributed by atoms with Gasteiger partial charge in [0.1, 0.15) is 0 Å². The van der Waals surface area contributed by atoms with E-state index in [-0.39, 0.29) is 0 Å². The normalized spacial score (nSPS) is 10.0. The minimum atomic E-state index is 0.761. The van der Waals surface area contributed by atoms with E-state index in [0.29, 0.717) is 0 Å². The topological polar surface area (TPSA) is 26.0 Å². The second-order valence-corrected chi connectivity index (χ2v) is 2.86. The van der Waals surface area contributed by atoms with Gasteiger partial charge >= 0.3 is 0 Å². The molecule has 1 aromatic rings. The first-order chi connectivity index (χ1) is 4.34. The highest BCUT2D eigenvalue weighted by Crippen LogP contribution is 2.12. The van der Waals surface area contributed by atoms with E-state index in [1.54, 1.807) is 11.3 Å². The zero-order valence-electron chi connectivity index (χ0n) is 5.55. The molecule has 0 atom stereocenters. The average Bonchev–Trinajstić information content (AvgIpc) is 2.18. The molecule has 0 bridgehead atoms. The Morgan fingerprint density at radius 3 is 2.78 bits per heavy atom. The summed E-state index contributed by atoms with van der Waals surface area (Å²) >= 11 is 1.75. The van der Waals surface area contributed by atoms with Gasteiger partial charge in [0.25, 0.3) is 0 Å². The molecule has 2 heteroatoms. The number of thiophene rings is 1. The highest BCUT2D eigenvalue weighted by atomic mass is 32.1. The smallest absolute Gasteiger partial charge is 0.00363 e.